The molecule has 1 heterocycles. The van der Waals surface area contributed by atoms with Gasteiger partial charge in [0.2, 0.25) is 0 Å². The Labute approximate surface area is 158 Å². The van der Waals surface area contributed by atoms with Gasteiger partial charge in [0, 0.05) is 37.3 Å². The van der Waals surface area contributed by atoms with Crippen LogP contribution in [0.25, 0.3) is 21.7 Å². The zero-order chi connectivity index (χ0) is 18.6. The summed E-state index contributed by atoms with van der Waals surface area (Å²) in [6.45, 7) is 1.73. The van der Waals surface area contributed by atoms with Gasteiger partial charge in [-0.1, -0.05) is 42.5 Å². The Kier molecular flexibility index (Phi) is 4.79. The number of anilines is 2. The van der Waals surface area contributed by atoms with Crippen molar-refractivity contribution < 1.29 is 0 Å². The summed E-state index contributed by atoms with van der Waals surface area (Å²) < 4.78 is 0. The van der Waals surface area contributed by atoms with Gasteiger partial charge in [0.05, 0.1) is 5.52 Å². The summed E-state index contributed by atoms with van der Waals surface area (Å²) in [5.74, 6) is 0.770. The molecule has 0 saturated heterocycles. The number of para-hydroxylation sites is 1. The first kappa shape index (κ1) is 17.2. The normalized spacial score (nSPS) is 11.0. The minimum Gasteiger partial charge on any atom is -0.375 e. The standard InChI is InChI=1S/C23H23N3O/c1-26(19-12-11-17-7-2-3-8-18(17)15-19)14-6-13-24-23-16-22(27)20-9-4-5-10-21(20)25-23/h2-5,7-12,15-16H,6,13-14H2,1H3,(H2,24,25,27). The second kappa shape index (κ2) is 7.54. The molecule has 0 bridgehead atoms. The third-order valence-corrected chi connectivity index (χ3v) is 4.90. The van der Waals surface area contributed by atoms with Crippen molar-refractivity contribution in [2.75, 3.05) is 30.4 Å². The van der Waals surface area contributed by atoms with Crippen LogP contribution in [0.15, 0.2) is 77.6 Å². The van der Waals surface area contributed by atoms with Crippen molar-refractivity contribution in [3.8, 4) is 0 Å². The molecule has 0 aliphatic rings. The van der Waals surface area contributed by atoms with E-state index in [0.29, 0.717) is 0 Å². The molecule has 4 heteroatoms. The quantitative estimate of drug-likeness (QED) is 0.495. The number of nitrogens with zero attached hydrogens (tertiary/aromatic N) is 1. The molecular weight excluding hydrogens is 334 g/mol. The molecule has 0 aliphatic heterocycles. The Morgan fingerprint density at radius 1 is 0.926 bits per heavy atom. The molecule has 0 radical (unpaired) electrons. The van der Waals surface area contributed by atoms with Crippen molar-refractivity contribution in [3.63, 3.8) is 0 Å². The molecule has 136 valence electrons. The van der Waals surface area contributed by atoms with Crippen LogP contribution in [0.3, 0.4) is 0 Å². The van der Waals surface area contributed by atoms with E-state index in [4.69, 9.17) is 0 Å². The molecule has 0 spiro atoms. The van der Waals surface area contributed by atoms with Gasteiger partial charge < -0.3 is 15.2 Å². The smallest absolute Gasteiger partial charge is 0.191 e. The maximum atomic E-state index is 12.2. The number of fused-ring (bicyclic) bond motifs is 2. The van der Waals surface area contributed by atoms with Crippen LogP contribution < -0.4 is 15.6 Å². The second-order valence-corrected chi connectivity index (χ2v) is 6.83. The Bertz CT molecular complexity index is 1130. The summed E-state index contributed by atoms with van der Waals surface area (Å²) in [5, 5.41) is 6.57. The number of aromatic nitrogens is 1. The molecule has 0 atom stereocenters. The van der Waals surface area contributed by atoms with Gasteiger partial charge in [-0.3, -0.25) is 4.79 Å². The predicted molar refractivity (Wildman–Crippen MR) is 115 cm³/mol. The molecule has 0 saturated carbocycles. The van der Waals surface area contributed by atoms with Crippen molar-refractivity contribution in [2.45, 2.75) is 6.42 Å². The molecule has 0 aliphatic carbocycles. The van der Waals surface area contributed by atoms with Crippen molar-refractivity contribution >= 4 is 33.2 Å². The number of H-pyrrole nitrogens is 1. The molecule has 0 unspecified atom stereocenters. The van der Waals surface area contributed by atoms with Crippen molar-refractivity contribution in [3.05, 3.63) is 83.0 Å². The summed E-state index contributed by atoms with van der Waals surface area (Å²) in [6.07, 6.45) is 0.970. The lowest BCUT2D eigenvalue weighted by Crippen LogP contribution is -2.21. The number of nitrogens with one attached hydrogen (secondary N) is 2. The average Bonchev–Trinajstić information content (AvgIpc) is 2.71. The van der Waals surface area contributed by atoms with E-state index in [1.54, 1.807) is 6.07 Å². The van der Waals surface area contributed by atoms with Gasteiger partial charge in [-0.2, -0.15) is 0 Å². The number of pyridine rings is 1. The van der Waals surface area contributed by atoms with E-state index in [0.717, 1.165) is 36.2 Å². The highest BCUT2D eigenvalue weighted by atomic mass is 16.1. The van der Waals surface area contributed by atoms with E-state index in [-0.39, 0.29) is 5.43 Å². The molecule has 2 N–H and O–H groups in total. The largest absolute Gasteiger partial charge is 0.375 e. The zero-order valence-corrected chi connectivity index (χ0v) is 15.4. The number of hydrogen-bond acceptors (Lipinski definition) is 3. The minimum absolute atomic E-state index is 0.0418. The fourth-order valence-electron chi connectivity index (χ4n) is 3.37. The number of aromatic amines is 1. The van der Waals surface area contributed by atoms with Crippen molar-refractivity contribution in [1.82, 2.24) is 4.98 Å². The van der Waals surface area contributed by atoms with Gasteiger partial charge in [0.15, 0.2) is 5.43 Å². The second-order valence-electron chi connectivity index (χ2n) is 6.83. The Morgan fingerprint density at radius 3 is 2.59 bits per heavy atom. The first-order valence-electron chi connectivity index (χ1n) is 9.26. The maximum absolute atomic E-state index is 12.2. The molecule has 4 nitrogen and oxygen atoms in total. The first-order valence-corrected chi connectivity index (χ1v) is 9.26. The van der Waals surface area contributed by atoms with Gasteiger partial charge in [0.25, 0.3) is 0 Å². The Morgan fingerprint density at radius 2 is 1.70 bits per heavy atom. The van der Waals surface area contributed by atoms with Gasteiger partial charge in [0.1, 0.15) is 5.82 Å². The van der Waals surface area contributed by atoms with Crippen LogP contribution in [-0.4, -0.2) is 25.1 Å². The fourth-order valence-corrected chi connectivity index (χ4v) is 3.37. The van der Waals surface area contributed by atoms with Gasteiger partial charge in [-0.25, -0.2) is 0 Å². The van der Waals surface area contributed by atoms with E-state index < -0.39 is 0 Å². The molecule has 27 heavy (non-hydrogen) atoms. The SMILES string of the molecule is CN(CCCNc1cc(=O)c2ccccc2[nH]1)c1ccc2ccccc2c1. The predicted octanol–water partition coefficient (Wildman–Crippen LogP) is 4.62. The van der Waals surface area contributed by atoms with Crippen LogP contribution in [0.2, 0.25) is 0 Å². The van der Waals surface area contributed by atoms with Gasteiger partial charge in [-0.15, -0.1) is 0 Å². The van der Waals surface area contributed by atoms with E-state index in [1.165, 1.54) is 16.5 Å². The monoisotopic (exact) mass is 357 g/mol. The van der Waals surface area contributed by atoms with E-state index in [2.05, 4.69) is 64.7 Å². The summed E-state index contributed by atoms with van der Waals surface area (Å²) in [5.41, 5.74) is 2.12. The maximum Gasteiger partial charge on any atom is 0.191 e. The van der Waals surface area contributed by atoms with Crippen LogP contribution in [0.1, 0.15) is 6.42 Å². The lowest BCUT2D eigenvalue weighted by Gasteiger charge is -2.20. The highest BCUT2D eigenvalue weighted by Crippen LogP contribution is 2.21. The Balaban J connectivity index is 1.36. The van der Waals surface area contributed by atoms with Crippen LogP contribution >= 0.6 is 0 Å². The zero-order valence-electron chi connectivity index (χ0n) is 15.4. The topological polar surface area (TPSA) is 48.1 Å². The van der Waals surface area contributed by atoms with Crippen molar-refractivity contribution in [2.24, 2.45) is 0 Å². The number of hydrogen-bond donors (Lipinski definition) is 2. The van der Waals surface area contributed by atoms with Crippen LogP contribution in [0.4, 0.5) is 11.5 Å². The molecule has 3 aromatic carbocycles. The van der Waals surface area contributed by atoms with Gasteiger partial charge >= 0.3 is 0 Å². The third kappa shape index (κ3) is 3.80. The third-order valence-electron chi connectivity index (χ3n) is 4.90. The van der Waals surface area contributed by atoms with E-state index in [9.17, 15) is 4.79 Å². The van der Waals surface area contributed by atoms with Crippen LogP contribution in [0.5, 0.6) is 0 Å². The van der Waals surface area contributed by atoms with Crippen molar-refractivity contribution in [1.29, 1.82) is 0 Å². The highest BCUT2D eigenvalue weighted by molar-refractivity contribution is 5.85. The first-order chi connectivity index (χ1) is 13.2. The fraction of sp³-hybridized carbons (Fsp3) is 0.174. The summed E-state index contributed by atoms with van der Waals surface area (Å²) >= 11 is 0. The lowest BCUT2D eigenvalue weighted by molar-refractivity contribution is 0.815. The molecule has 0 amide bonds. The molecule has 1 aromatic heterocycles. The summed E-state index contributed by atoms with van der Waals surface area (Å²) in [7, 11) is 2.11. The van der Waals surface area contributed by atoms with E-state index >= 15 is 0 Å². The molecule has 0 fully saturated rings. The van der Waals surface area contributed by atoms with Gasteiger partial charge in [-0.05, 0) is 41.5 Å². The number of rotatable bonds is 6. The van der Waals surface area contributed by atoms with Crippen LogP contribution in [0, 0.1) is 0 Å². The molecule has 4 aromatic rings. The Hall–Kier alpha value is -3.27. The lowest BCUT2D eigenvalue weighted by atomic mass is 10.1. The number of benzene rings is 3. The minimum atomic E-state index is 0.0418. The average molecular weight is 357 g/mol. The summed E-state index contributed by atoms with van der Waals surface area (Å²) in [6, 6.07) is 24.2. The van der Waals surface area contributed by atoms with E-state index in [1.807, 2.05) is 24.3 Å². The molecule has 4 rings (SSSR count). The van der Waals surface area contributed by atoms with Crippen LogP contribution in [-0.2, 0) is 0 Å². The highest BCUT2D eigenvalue weighted by Gasteiger charge is 2.04. The summed E-state index contributed by atoms with van der Waals surface area (Å²) in [4.78, 5) is 17.7. The molecular formula is C23H23N3O.